The highest BCUT2D eigenvalue weighted by atomic mass is 127. The lowest BCUT2D eigenvalue weighted by atomic mass is 10.1. The molecule has 1 N–H and O–H groups in total. The van der Waals surface area contributed by atoms with E-state index in [1.807, 2.05) is 43.3 Å². The molecule has 1 aromatic carbocycles. The molecule has 0 spiro atoms. The first-order chi connectivity index (χ1) is 10.1. The van der Waals surface area contributed by atoms with Gasteiger partial charge in [0.25, 0.3) is 5.56 Å². The van der Waals surface area contributed by atoms with Crippen LogP contribution in [0.4, 0.5) is 0 Å². The van der Waals surface area contributed by atoms with Crippen molar-refractivity contribution in [2.75, 3.05) is 7.11 Å². The SMILES string of the molecule is C/C=C/c1cc(-c2[nH]c(=O)c(C#N)cc2I)ccc1OC. The smallest absolute Gasteiger partial charge is 0.266 e. The molecule has 5 heteroatoms. The van der Waals surface area contributed by atoms with Gasteiger partial charge in [0.15, 0.2) is 0 Å². The van der Waals surface area contributed by atoms with Gasteiger partial charge in [-0.15, -0.1) is 0 Å². The highest BCUT2D eigenvalue weighted by Crippen LogP contribution is 2.28. The maximum atomic E-state index is 11.8. The van der Waals surface area contributed by atoms with E-state index >= 15 is 0 Å². The average Bonchev–Trinajstić information content (AvgIpc) is 2.49. The third kappa shape index (κ3) is 3.16. The number of ether oxygens (including phenoxy) is 1. The van der Waals surface area contributed by atoms with Gasteiger partial charge in [-0.25, -0.2) is 0 Å². The number of rotatable bonds is 3. The second-order valence-electron chi connectivity index (χ2n) is 4.30. The van der Waals surface area contributed by atoms with E-state index in [2.05, 4.69) is 27.6 Å². The molecule has 0 atom stereocenters. The molecule has 0 aliphatic heterocycles. The van der Waals surface area contributed by atoms with Gasteiger partial charge in [0.05, 0.1) is 12.8 Å². The largest absolute Gasteiger partial charge is 0.496 e. The summed E-state index contributed by atoms with van der Waals surface area (Å²) in [5.41, 5.74) is 2.24. The number of halogens is 1. The van der Waals surface area contributed by atoms with Crippen LogP contribution in [0, 0.1) is 14.9 Å². The summed E-state index contributed by atoms with van der Waals surface area (Å²) in [5.74, 6) is 0.767. The maximum Gasteiger partial charge on any atom is 0.266 e. The molecule has 0 bridgehead atoms. The summed E-state index contributed by atoms with van der Waals surface area (Å²) >= 11 is 2.11. The number of H-pyrrole nitrogens is 1. The lowest BCUT2D eigenvalue weighted by Crippen LogP contribution is -2.12. The molecule has 0 amide bonds. The molecule has 0 radical (unpaired) electrons. The first kappa shape index (κ1) is 15.3. The van der Waals surface area contributed by atoms with Crippen molar-refractivity contribution < 1.29 is 4.74 Å². The molecule has 1 heterocycles. The molecule has 0 unspecified atom stereocenters. The third-order valence-electron chi connectivity index (χ3n) is 2.98. The van der Waals surface area contributed by atoms with Gasteiger partial charge in [0.2, 0.25) is 0 Å². The van der Waals surface area contributed by atoms with Gasteiger partial charge < -0.3 is 9.72 Å². The molecule has 0 saturated carbocycles. The summed E-state index contributed by atoms with van der Waals surface area (Å²) in [6, 6.07) is 9.16. The highest BCUT2D eigenvalue weighted by Gasteiger charge is 2.10. The van der Waals surface area contributed by atoms with Crippen LogP contribution < -0.4 is 10.3 Å². The molecule has 1 aromatic heterocycles. The fourth-order valence-corrected chi connectivity index (χ4v) is 2.76. The van der Waals surface area contributed by atoms with Gasteiger partial charge in [-0.05, 0) is 59.3 Å². The van der Waals surface area contributed by atoms with Gasteiger partial charge in [0.1, 0.15) is 17.4 Å². The third-order valence-corrected chi connectivity index (χ3v) is 3.83. The van der Waals surface area contributed by atoms with Crippen LogP contribution in [0.3, 0.4) is 0 Å². The van der Waals surface area contributed by atoms with Gasteiger partial charge >= 0.3 is 0 Å². The number of methoxy groups -OCH3 is 1. The van der Waals surface area contributed by atoms with E-state index < -0.39 is 0 Å². The van der Waals surface area contributed by atoms with Crippen molar-refractivity contribution >= 4 is 28.7 Å². The minimum absolute atomic E-state index is 0.116. The van der Waals surface area contributed by atoms with E-state index in [9.17, 15) is 4.79 Å². The fourth-order valence-electron chi connectivity index (χ4n) is 2.00. The van der Waals surface area contributed by atoms with Crippen molar-refractivity contribution in [2.24, 2.45) is 0 Å². The molecule has 0 fully saturated rings. The zero-order chi connectivity index (χ0) is 15.4. The van der Waals surface area contributed by atoms with Crippen molar-refractivity contribution in [1.82, 2.24) is 4.98 Å². The summed E-state index contributed by atoms with van der Waals surface area (Å²) in [5, 5.41) is 8.89. The lowest BCUT2D eigenvalue weighted by Gasteiger charge is -2.09. The van der Waals surface area contributed by atoms with Crippen molar-refractivity contribution in [3.63, 3.8) is 0 Å². The van der Waals surface area contributed by atoms with Gasteiger partial charge in [-0.1, -0.05) is 12.2 Å². The number of hydrogen-bond donors (Lipinski definition) is 1. The van der Waals surface area contributed by atoms with Crippen LogP contribution in [-0.2, 0) is 0 Å². The number of hydrogen-bond acceptors (Lipinski definition) is 3. The molecule has 0 aliphatic carbocycles. The molecule has 2 rings (SSSR count). The van der Waals surface area contributed by atoms with Crippen LogP contribution in [0.15, 0.2) is 35.1 Å². The van der Waals surface area contributed by atoms with Crippen LogP contribution in [0.25, 0.3) is 17.3 Å². The summed E-state index contributed by atoms with van der Waals surface area (Å²) in [7, 11) is 1.62. The van der Waals surface area contributed by atoms with E-state index in [0.29, 0.717) is 5.69 Å². The normalized spacial score (nSPS) is 10.6. The van der Waals surface area contributed by atoms with E-state index in [1.165, 1.54) is 0 Å². The molecule has 0 aliphatic rings. The Morgan fingerprint density at radius 1 is 1.38 bits per heavy atom. The standard InChI is InChI=1S/C16H13IN2O2/c1-3-4-10-7-11(5-6-14(10)21-2)15-13(17)8-12(9-18)16(20)19-15/h3-8H,1-2H3,(H,19,20)/b4-3+. The molecule has 21 heavy (non-hydrogen) atoms. The number of benzene rings is 1. The van der Waals surface area contributed by atoms with Crippen molar-refractivity contribution in [2.45, 2.75) is 6.92 Å². The monoisotopic (exact) mass is 392 g/mol. The Balaban J connectivity index is 2.63. The Morgan fingerprint density at radius 2 is 2.14 bits per heavy atom. The molecule has 4 nitrogen and oxygen atoms in total. The predicted molar refractivity (Wildman–Crippen MR) is 91.2 cm³/mol. The van der Waals surface area contributed by atoms with E-state index in [4.69, 9.17) is 10.00 Å². The Labute approximate surface area is 136 Å². The summed E-state index contributed by atoms with van der Waals surface area (Å²) in [6.07, 6.45) is 3.87. The highest BCUT2D eigenvalue weighted by molar-refractivity contribution is 14.1. The molecule has 106 valence electrons. The van der Waals surface area contributed by atoms with Crippen LogP contribution in [-0.4, -0.2) is 12.1 Å². The van der Waals surface area contributed by atoms with Crippen LogP contribution in [0.2, 0.25) is 0 Å². The van der Waals surface area contributed by atoms with Crippen LogP contribution in [0.5, 0.6) is 5.75 Å². The van der Waals surface area contributed by atoms with Crippen LogP contribution >= 0.6 is 22.6 Å². The Morgan fingerprint density at radius 3 is 2.76 bits per heavy atom. The van der Waals surface area contributed by atoms with Gasteiger partial charge in [-0.2, -0.15) is 5.26 Å². The molecule has 2 aromatic rings. The molecular formula is C16H13IN2O2. The quantitative estimate of drug-likeness (QED) is 0.813. The number of aromatic nitrogens is 1. The number of nitriles is 1. The number of allylic oxidation sites excluding steroid dienone is 1. The van der Waals surface area contributed by atoms with Gasteiger partial charge in [0, 0.05) is 9.13 Å². The second kappa shape index (κ2) is 6.59. The summed E-state index contributed by atoms with van der Waals surface area (Å²) in [6.45, 7) is 1.93. The lowest BCUT2D eigenvalue weighted by molar-refractivity contribution is 0.414. The van der Waals surface area contributed by atoms with Crippen molar-refractivity contribution in [3.05, 3.63) is 55.4 Å². The first-order valence-electron chi connectivity index (χ1n) is 6.24. The molecular weight excluding hydrogens is 379 g/mol. The number of nitrogens with zero attached hydrogens (tertiary/aromatic N) is 1. The topological polar surface area (TPSA) is 65.9 Å². The minimum Gasteiger partial charge on any atom is -0.496 e. The van der Waals surface area contributed by atoms with E-state index in [-0.39, 0.29) is 11.1 Å². The van der Waals surface area contributed by atoms with Crippen molar-refractivity contribution in [1.29, 1.82) is 5.26 Å². The van der Waals surface area contributed by atoms with E-state index in [0.717, 1.165) is 20.4 Å². The zero-order valence-corrected chi connectivity index (χ0v) is 13.8. The number of nitrogens with one attached hydrogen (secondary N) is 1. The maximum absolute atomic E-state index is 11.8. The van der Waals surface area contributed by atoms with Gasteiger partial charge in [-0.3, -0.25) is 4.79 Å². The number of aromatic amines is 1. The Kier molecular flexibility index (Phi) is 4.81. The molecule has 0 saturated heterocycles. The second-order valence-corrected chi connectivity index (χ2v) is 5.47. The predicted octanol–water partition coefficient (Wildman–Crippen LogP) is 3.56. The number of pyridine rings is 1. The summed E-state index contributed by atoms with van der Waals surface area (Å²) in [4.78, 5) is 14.6. The van der Waals surface area contributed by atoms with Crippen molar-refractivity contribution in [3.8, 4) is 23.1 Å². The summed E-state index contributed by atoms with van der Waals surface area (Å²) < 4.78 is 6.13. The van der Waals surface area contributed by atoms with E-state index in [1.54, 1.807) is 13.2 Å². The first-order valence-corrected chi connectivity index (χ1v) is 7.32. The average molecular weight is 392 g/mol. The Bertz CT molecular complexity index is 801. The fraction of sp³-hybridized carbons (Fsp3) is 0.125. The van der Waals surface area contributed by atoms with Crippen LogP contribution in [0.1, 0.15) is 18.1 Å². The Hall–Kier alpha value is -2.07. The minimum atomic E-state index is -0.378. The zero-order valence-electron chi connectivity index (χ0n) is 11.6.